The van der Waals surface area contributed by atoms with E-state index in [9.17, 15) is 9.59 Å². The summed E-state index contributed by atoms with van der Waals surface area (Å²) in [4.78, 5) is 26.4. The van der Waals surface area contributed by atoms with Gasteiger partial charge < -0.3 is 15.4 Å². The summed E-state index contributed by atoms with van der Waals surface area (Å²) in [6.07, 6.45) is 2.73. The first kappa shape index (κ1) is 20.2. The van der Waals surface area contributed by atoms with Crippen molar-refractivity contribution in [3.8, 4) is 0 Å². The molecule has 1 aromatic rings. The van der Waals surface area contributed by atoms with Gasteiger partial charge in [-0.1, -0.05) is 24.1 Å². The van der Waals surface area contributed by atoms with Crippen LogP contribution in [0.2, 0.25) is 0 Å². The lowest BCUT2D eigenvalue weighted by Gasteiger charge is -2.35. The summed E-state index contributed by atoms with van der Waals surface area (Å²) in [5, 5.41) is 5.77. The summed E-state index contributed by atoms with van der Waals surface area (Å²) in [5.74, 6) is -0.0296. The molecular weight excluding hydrogens is 330 g/mol. The predicted molar refractivity (Wildman–Crippen MR) is 103 cm³/mol. The number of carbonyl (C=O) groups is 2. The third-order valence-corrected chi connectivity index (χ3v) is 4.31. The van der Waals surface area contributed by atoms with Gasteiger partial charge in [-0.15, -0.1) is 0 Å². The van der Waals surface area contributed by atoms with E-state index in [0.29, 0.717) is 13.1 Å². The molecule has 2 amide bonds. The van der Waals surface area contributed by atoms with Crippen LogP contribution in [0.15, 0.2) is 24.3 Å². The van der Waals surface area contributed by atoms with Crippen molar-refractivity contribution in [1.82, 2.24) is 10.2 Å². The van der Waals surface area contributed by atoms with E-state index >= 15 is 0 Å². The van der Waals surface area contributed by atoms with Gasteiger partial charge in [-0.2, -0.15) is 0 Å². The fourth-order valence-electron chi connectivity index (χ4n) is 3.04. The second kappa shape index (κ2) is 9.03. The van der Waals surface area contributed by atoms with Crippen molar-refractivity contribution in [3.63, 3.8) is 0 Å². The molecule has 6 heteroatoms. The van der Waals surface area contributed by atoms with Crippen LogP contribution in [-0.4, -0.2) is 48.2 Å². The number of nitrogens with zero attached hydrogens (tertiary/aromatic N) is 1. The van der Waals surface area contributed by atoms with E-state index < -0.39 is 11.7 Å². The molecule has 1 aliphatic heterocycles. The molecule has 1 unspecified atom stereocenters. The number of anilines is 1. The predicted octanol–water partition coefficient (Wildman–Crippen LogP) is 3.31. The molecule has 0 bridgehead atoms. The quantitative estimate of drug-likeness (QED) is 0.844. The number of benzene rings is 1. The topological polar surface area (TPSA) is 70.7 Å². The van der Waals surface area contributed by atoms with Crippen LogP contribution in [0.3, 0.4) is 0 Å². The number of likely N-dealkylation sites (tertiary alicyclic amines) is 1. The van der Waals surface area contributed by atoms with E-state index in [0.717, 1.165) is 37.1 Å². The summed E-state index contributed by atoms with van der Waals surface area (Å²) in [7, 11) is 0. The van der Waals surface area contributed by atoms with Crippen molar-refractivity contribution in [2.45, 2.75) is 58.6 Å². The molecule has 1 heterocycles. The Labute approximate surface area is 156 Å². The molecule has 1 fully saturated rings. The molecule has 2 rings (SSSR count). The molecule has 1 atom stereocenters. The van der Waals surface area contributed by atoms with Crippen LogP contribution in [0.4, 0.5) is 10.5 Å². The second-order valence-electron chi connectivity index (χ2n) is 7.92. The summed E-state index contributed by atoms with van der Waals surface area (Å²) < 4.78 is 5.29. The highest BCUT2D eigenvalue weighted by Gasteiger charge is 2.25. The third-order valence-electron chi connectivity index (χ3n) is 4.31. The van der Waals surface area contributed by atoms with E-state index in [1.54, 1.807) is 0 Å². The Hall–Kier alpha value is -2.08. The number of ether oxygens (including phenoxy) is 1. The minimum Gasteiger partial charge on any atom is -0.444 e. The average Bonchev–Trinajstić information content (AvgIpc) is 2.54. The van der Waals surface area contributed by atoms with Gasteiger partial charge in [0.05, 0.1) is 6.54 Å². The van der Waals surface area contributed by atoms with Gasteiger partial charge in [-0.05, 0) is 59.2 Å². The van der Waals surface area contributed by atoms with E-state index in [4.69, 9.17) is 4.74 Å². The van der Waals surface area contributed by atoms with Gasteiger partial charge in [-0.25, -0.2) is 4.79 Å². The van der Waals surface area contributed by atoms with Crippen molar-refractivity contribution in [2.24, 2.45) is 0 Å². The second-order valence-corrected chi connectivity index (χ2v) is 7.92. The van der Waals surface area contributed by atoms with Crippen LogP contribution in [0, 0.1) is 6.92 Å². The first-order valence-corrected chi connectivity index (χ1v) is 9.30. The number of alkyl carbamates (subject to hydrolysis) is 1. The zero-order valence-electron chi connectivity index (χ0n) is 16.3. The first-order valence-electron chi connectivity index (χ1n) is 9.30. The maximum atomic E-state index is 12.4. The average molecular weight is 361 g/mol. The van der Waals surface area contributed by atoms with Crippen molar-refractivity contribution >= 4 is 17.7 Å². The van der Waals surface area contributed by atoms with Crippen molar-refractivity contribution in [2.75, 3.05) is 25.0 Å². The van der Waals surface area contributed by atoms with Gasteiger partial charge in [0, 0.05) is 18.3 Å². The lowest BCUT2D eigenvalue weighted by Crippen LogP contribution is -2.49. The van der Waals surface area contributed by atoms with Crippen molar-refractivity contribution in [3.05, 3.63) is 29.8 Å². The van der Waals surface area contributed by atoms with E-state index in [1.807, 2.05) is 52.0 Å². The molecule has 0 radical (unpaired) electrons. The molecular formula is C20H31N3O3. The van der Waals surface area contributed by atoms with Gasteiger partial charge >= 0.3 is 6.09 Å². The molecule has 6 nitrogen and oxygen atoms in total. The third kappa shape index (κ3) is 7.04. The highest BCUT2D eigenvalue weighted by atomic mass is 16.6. The van der Waals surface area contributed by atoms with Gasteiger partial charge in [0.25, 0.3) is 0 Å². The number of hydrogen-bond donors (Lipinski definition) is 2. The van der Waals surface area contributed by atoms with Gasteiger partial charge in [0.2, 0.25) is 5.91 Å². The van der Waals surface area contributed by atoms with Crippen LogP contribution in [0.5, 0.6) is 0 Å². The Kier molecular flexibility index (Phi) is 7.03. The number of hydrogen-bond acceptors (Lipinski definition) is 4. The minimum absolute atomic E-state index is 0.0296. The van der Waals surface area contributed by atoms with Crippen LogP contribution >= 0.6 is 0 Å². The molecule has 1 saturated heterocycles. The molecule has 0 aliphatic carbocycles. The van der Waals surface area contributed by atoms with Crippen LogP contribution in [0.1, 0.15) is 45.6 Å². The summed E-state index contributed by atoms with van der Waals surface area (Å²) in [5.41, 5.74) is 1.46. The Balaban J connectivity index is 1.84. The molecule has 0 aromatic heterocycles. The Morgan fingerprint density at radius 1 is 1.19 bits per heavy atom. The normalized spacial score (nSPS) is 18.2. The zero-order chi connectivity index (χ0) is 19.2. The van der Waals surface area contributed by atoms with Crippen LogP contribution in [-0.2, 0) is 9.53 Å². The monoisotopic (exact) mass is 361 g/mol. The van der Waals surface area contributed by atoms with E-state index in [-0.39, 0.29) is 11.9 Å². The summed E-state index contributed by atoms with van der Waals surface area (Å²) in [6, 6.07) is 7.92. The maximum absolute atomic E-state index is 12.4. The molecule has 0 spiro atoms. The number of amides is 2. The number of rotatable bonds is 5. The van der Waals surface area contributed by atoms with Crippen molar-refractivity contribution < 1.29 is 14.3 Å². The number of piperidine rings is 1. The van der Waals surface area contributed by atoms with Gasteiger partial charge in [-0.3, -0.25) is 9.69 Å². The molecule has 144 valence electrons. The maximum Gasteiger partial charge on any atom is 0.407 e. The standard InChI is InChI=1S/C20H31N3O3/c1-15-8-10-16(11-9-15)22-18(24)14-23-12-6-5-7-17(23)13-21-19(25)26-20(2,3)4/h8-11,17H,5-7,12-14H2,1-4H3,(H,21,25)(H,22,24). The molecule has 26 heavy (non-hydrogen) atoms. The van der Waals surface area contributed by atoms with E-state index in [2.05, 4.69) is 15.5 Å². The lowest BCUT2D eigenvalue weighted by atomic mass is 10.0. The summed E-state index contributed by atoms with van der Waals surface area (Å²) in [6.45, 7) is 9.23. The Bertz CT molecular complexity index is 608. The van der Waals surface area contributed by atoms with Crippen LogP contribution in [0.25, 0.3) is 0 Å². The smallest absolute Gasteiger partial charge is 0.407 e. The zero-order valence-corrected chi connectivity index (χ0v) is 16.3. The highest BCUT2D eigenvalue weighted by Crippen LogP contribution is 2.17. The largest absolute Gasteiger partial charge is 0.444 e. The fourth-order valence-corrected chi connectivity index (χ4v) is 3.04. The van der Waals surface area contributed by atoms with Gasteiger partial charge in [0.15, 0.2) is 0 Å². The Morgan fingerprint density at radius 2 is 1.88 bits per heavy atom. The number of carbonyl (C=O) groups excluding carboxylic acids is 2. The van der Waals surface area contributed by atoms with E-state index in [1.165, 1.54) is 0 Å². The molecule has 1 aliphatic rings. The fraction of sp³-hybridized carbons (Fsp3) is 0.600. The first-order chi connectivity index (χ1) is 12.2. The van der Waals surface area contributed by atoms with Gasteiger partial charge in [0.1, 0.15) is 5.60 Å². The minimum atomic E-state index is -0.510. The van der Waals surface area contributed by atoms with Crippen LogP contribution < -0.4 is 10.6 Å². The Morgan fingerprint density at radius 3 is 2.54 bits per heavy atom. The molecule has 1 aromatic carbocycles. The molecule has 2 N–H and O–H groups in total. The number of nitrogens with one attached hydrogen (secondary N) is 2. The van der Waals surface area contributed by atoms with Crippen molar-refractivity contribution in [1.29, 1.82) is 0 Å². The molecule has 0 saturated carbocycles. The summed E-state index contributed by atoms with van der Waals surface area (Å²) >= 11 is 0. The number of aryl methyl sites for hydroxylation is 1. The lowest BCUT2D eigenvalue weighted by molar-refractivity contribution is -0.118. The highest BCUT2D eigenvalue weighted by molar-refractivity contribution is 5.92. The SMILES string of the molecule is Cc1ccc(NC(=O)CN2CCCCC2CNC(=O)OC(C)(C)C)cc1.